The number of nitrogens with zero attached hydrogens (tertiary/aromatic N) is 4. The van der Waals surface area contributed by atoms with Crippen LogP contribution in [0.25, 0.3) is 5.69 Å². The molecule has 2 aromatic carbocycles. The number of nitrogens with one attached hydrogen (secondary N) is 1. The maximum absolute atomic E-state index is 12.7. The lowest BCUT2D eigenvalue weighted by Gasteiger charge is -2.36. The summed E-state index contributed by atoms with van der Waals surface area (Å²) in [6.45, 7) is 1.92. The molecule has 1 amide bonds. The van der Waals surface area contributed by atoms with E-state index in [1.54, 1.807) is 16.8 Å². The van der Waals surface area contributed by atoms with Crippen molar-refractivity contribution in [3.05, 3.63) is 64.9 Å². The molecule has 1 saturated carbocycles. The zero-order valence-electron chi connectivity index (χ0n) is 16.1. The van der Waals surface area contributed by atoms with Gasteiger partial charge in [-0.3, -0.25) is 0 Å². The van der Waals surface area contributed by atoms with Gasteiger partial charge in [0, 0.05) is 5.02 Å². The molecule has 3 aromatic rings. The van der Waals surface area contributed by atoms with Crippen LogP contribution in [-0.4, -0.2) is 26.3 Å². The summed E-state index contributed by atoms with van der Waals surface area (Å²) < 4.78 is 7.16. The summed E-state index contributed by atoms with van der Waals surface area (Å²) in [7, 11) is 0. The number of carbonyl (C=O) groups excluding carboxylic acids is 1. The second kappa shape index (κ2) is 8.21. The second-order valence-electron chi connectivity index (χ2n) is 7.27. The monoisotopic (exact) mass is 411 g/mol. The number of carbonyl (C=O) groups is 1. The number of aromatic nitrogens is 4. The molecular formula is C21H22ClN5O2. The molecule has 7 nitrogen and oxygen atoms in total. The van der Waals surface area contributed by atoms with Gasteiger partial charge in [0.2, 0.25) is 0 Å². The minimum atomic E-state index is -0.706. The smallest absolute Gasteiger partial charge is 0.410 e. The van der Waals surface area contributed by atoms with Crippen LogP contribution in [0, 0.1) is 6.92 Å². The summed E-state index contributed by atoms with van der Waals surface area (Å²) in [5.74, 6) is 1.08. The molecule has 0 atom stereocenters. The average molecular weight is 412 g/mol. The molecule has 0 radical (unpaired) electrons. The van der Waals surface area contributed by atoms with Crippen LogP contribution in [0.1, 0.15) is 43.5 Å². The lowest BCUT2D eigenvalue weighted by atomic mass is 9.81. The Morgan fingerprint density at radius 3 is 2.62 bits per heavy atom. The number of tetrazole rings is 1. The first-order valence-corrected chi connectivity index (χ1v) is 10.1. The molecule has 1 N–H and O–H groups in total. The first-order valence-electron chi connectivity index (χ1n) is 9.68. The summed E-state index contributed by atoms with van der Waals surface area (Å²) >= 11 is 6.31. The zero-order chi connectivity index (χ0) is 20.3. The SMILES string of the molecule is Cc1c(Cl)cccc1-n1nnnc1C1(NC(=O)Oc2ccccc2)CCCCC1. The van der Waals surface area contributed by atoms with Gasteiger partial charge in [-0.25, -0.2) is 4.79 Å². The fourth-order valence-corrected chi connectivity index (χ4v) is 4.02. The number of halogens is 1. The summed E-state index contributed by atoms with van der Waals surface area (Å²) in [5, 5.41) is 16.1. The fraction of sp³-hybridized carbons (Fsp3) is 0.333. The van der Waals surface area contributed by atoms with Crippen molar-refractivity contribution in [3.8, 4) is 11.4 Å². The van der Waals surface area contributed by atoms with Crippen LogP contribution < -0.4 is 10.1 Å². The minimum Gasteiger partial charge on any atom is -0.410 e. The zero-order valence-corrected chi connectivity index (χ0v) is 16.9. The van der Waals surface area contributed by atoms with Crippen LogP contribution in [0.4, 0.5) is 4.79 Å². The Hall–Kier alpha value is -2.93. The van der Waals surface area contributed by atoms with E-state index in [2.05, 4.69) is 20.8 Å². The third-order valence-electron chi connectivity index (χ3n) is 5.37. The Labute approximate surface area is 174 Å². The van der Waals surface area contributed by atoms with Crippen molar-refractivity contribution in [1.29, 1.82) is 0 Å². The van der Waals surface area contributed by atoms with Gasteiger partial charge in [0.15, 0.2) is 5.82 Å². The van der Waals surface area contributed by atoms with Crippen LogP contribution in [0.15, 0.2) is 48.5 Å². The first-order chi connectivity index (χ1) is 14.1. The normalized spacial score (nSPS) is 15.7. The van der Waals surface area contributed by atoms with Gasteiger partial charge in [-0.15, -0.1) is 5.10 Å². The Morgan fingerprint density at radius 1 is 1.10 bits per heavy atom. The number of rotatable bonds is 4. The quantitative estimate of drug-likeness (QED) is 0.679. The highest BCUT2D eigenvalue weighted by Gasteiger charge is 2.41. The topological polar surface area (TPSA) is 81.9 Å². The van der Waals surface area contributed by atoms with E-state index >= 15 is 0 Å². The molecule has 1 aliphatic rings. The standard InChI is InChI=1S/C21H22ClN5O2/c1-15-17(22)11-8-12-18(15)27-19(24-25-26-27)21(13-6-3-7-14-21)23-20(28)29-16-9-4-2-5-10-16/h2,4-5,8-12H,3,6-7,13-14H2,1H3,(H,23,28). The van der Waals surface area contributed by atoms with E-state index < -0.39 is 11.6 Å². The predicted octanol–water partition coefficient (Wildman–Crippen LogP) is 4.57. The molecule has 29 heavy (non-hydrogen) atoms. The predicted molar refractivity (Wildman–Crippen MR) is 109 cm³/mol. The molecule has 0 unspecified atom stereocenters. The molecule has 0 aliphatic heterocycles. The van der Waals surface area contributed by atoms with E-state index in [-0.39, 0.29) is 0 Å². The highest BCUT2D eigenvalue weighted by atomic mass is 35.5. The summed E-state index contributed by atoms with van der Waals surface area (Å²) in [6, 6.07) is 14.6. The van der Waals surface area contributed by atoms with Crippen molar-refractivity contribution in [2.45, 2.75) is 44.6 Å². The van der Waals surface area contributed by atoms with Crippen LogP contribution in [0.2, 0.25) is 5.02 Å². The molecule has 0 bridgehead atoms. The van der Waals surface area contributed by atoms with Crippen molar-refractivity contribution in [2.75, 3.05) is 0 Å². The molecule has 4 rings (SSSR count). The van der Waals surface area contributed by atoms with E-state index in [1.165, 1.54) is 0 Å². The molecule has 1 fully saturated rings. The molecule has 0 spiro atoms. The molecule has 1 heterocycles. The van der Waals surface area contributed by atoms with Gasteiger partial charge in [-0.2, -0.15) is 4.68 Å². The van der Waals surface area contributed by atoms with Gasteiger partial charge in [-0.05, 0) is 60.0 Å². The lowest BCUT2D eigenvalue weighted by molar-refractivity contribution is 0.162. The number of hydrogen-bond acceptors (Lipinski definition) is 5. The maximum Gasteiger partial charge on any atom is 0.413 e. The van der Waals surface area contributed by atoms with E-state index in [9.17, 15) is 4.79 Å². The average Bonchev–Trinajstić information content (AvgIpc) is 3.22. The number of ether oxygens (including phenoxy) is 1. The van der Waals surface area contributed by atoms with E-state index in [1.807, 2.05) is 43.3 Å². The molecular weight excluding hydrogens is 390 g/mol. The Bertz CT molecular complexity index is 999. The van der Waals surface area contributed by atoms with Gasteiger partial charge >= 0.3 is 6.09 Å². The van der Waals surface area contributed by atoms with Crippen molar-refractivity contribution in [2.24, 2.45) is 0 Å². The second-order valence-corrected chi connectivity index (χ2v) is 7.68. The Morgan fingerprint density at radius 2 is 1.86 bits per heavy atom. The van der Waals surface area contributed by atoms with Crippen LogP contribution >= 0.6 is 11.6 Å². The van der Waals surface area contributed by atoms with Crippen LogP contribution in [-0.2, 0) is 5.54 Å². The van der Waals surface area contributed by atoms with Gasteiger partial charge in [0.25, 0.3) is 0 Å². The highest BCUT2D eigenvalue weighted by molar-refractivity contribution is 6.31. The number of para-hydroxylation sites is 1. The van der Waals surface area contributed by atoms with E-state index in [0.717, 1.165) is 43.4 Å². The number of amides is 1. The van der Waals surface area contributed by atoms with Crippen molar-refractivity contribution < 1.29 is 9.53 Å². The highest BCUT2D eigenvalue weighted by Crippen LogP contribution is 2.37. The van der Waals surface area contributed by atoms with E-state index in [0.29, 0.717) is 16.6 Å². The summed E-state index contributed by atoms with van der Waals surface area (Å²) in [4.78, 5) is 12.7. The largest absolute Gasteiger partial charge is 0.413 e. The first kappa shape index (κ1) is 19.4. The third-order valence-corrected chi connectivity index (χ3v) is 5.78. The molecule has 8 heteroatoms. The van der Waals surface area contributed by atoms with Gasteiger partial charge in [0.1, 0.15) is 11.3 Å². The van der Waals surface area contributed by atoms with Crippen molar-refractivity contribution in [1.82, 2.24) is 25.5 Å². The van der Waals surface area contributed by atoms with Crippen LogP contribution in [0.3, 0.4) is 0 Å². The number of hydrogen-bond donors (Lipinski definition) is 1. The van der Waals surface area contributed by atoms with Gasteiger partial charge < -0.3 is 10.1 Å². The maximum atomic E-state index is 12.7. The molecule has 0 saturated heterocycles. The fourth-order valence-electron chi connectivity index (χ4n) is 3.85. The van der Waals surface area contributed by atoms with Crippen LogP contribution in [0.5, 0.6) is 5.75 Å². The van der Waals surface area contributed by atoms with Crippen molar-refractivity contribution >= 4 is 17.7 Å². The third kappa shape index (κ3) is 3.96. The Kier molecular flexibility index (Phi) is 5.49. The van der Waals surface area contributed by atoms with Gasteiger partial charge in [0.05, 0.1) is 5.69 Å². The summed E-state index contributed by atoms with van der Waals surface area (Å²) in [5.41, 5.74) is 0.962. The van der Waals surface area contributed by atoms with Crippen molar-refractivity contribution in [3.63, 3.8) is 0 Å². The lowest BCUT2D eigenvalue weighted by Crippen LogP contribution is -2.50. The van der Waals surface area contributed by atoms with Gasteiger partial charge in [-0.1, -0.05) is 55.1 Å². The Balaban J connectivity index is 1.68. The molecule has 1 aromatic heterocycles. The molecule has 150 valence electrons. The number of benzene rings is 2. The minimum absolute atomic E-state index is 0.487. The van der Waals surface area contributed by atoms with E-state index in [4.69, 9.17) is 16.3 Å². The summed E-state index contributed by atoms with van der Waals surface area (Å²) in [6.07, 6.45) is 3.98. The molecule has 1 aliphatic carbocycles.